The third kappa shape index (κ3) is 3.84. The lowest BCUT2D eigenvalue weighted by Crippen LogP contribution is -2.46. The molecule has 4 rings (SSSR count). The van der Waals surface area contributed by atoms with Crippen LogP contribution < -0.4 is 9.80 Å². The first-order valence-corrected chi connectivity index (χ1v) is 8.93. The number of aromatic nitrogens is 3. The number of benzene rings is 1. The first-order valence-electron chi connectivity index (χ1n) is 8.15. The number of halogens is 1. The van der Waals surface area contributed by atoms with E-state index in [2.05, 4.69) is 24.1 Å². The smallest absolute Gasteiger partial charge is 0.231 e. The third-order valence-corrected chi connectivity index (χ3v) is 4.95. The number of carbonyl (C=O) groups is 1. The Morgan fingerprint density at radius 1 is 0.923 bits per heavy atom. The molecule has 1 aromatic carbocycles. The molecule has 1 aliphatic rings. The van der Waals surface area contributed by atoms with Gasteiger partial charge in [-0.25, -0.2) is 4.98 Å². The molecule has 0 spiro atoms. The van der Waals surface area contributed by atoms with Crippen molar-refractivity contribution in [3.05, 3.63) is 66.1 Å². The van der Waals surface area contributed by atoms with Crippen molar-refractivity contribution in [3.8, 4) is 0 Å². The van der Waals surface area contributed by atoms with Gasteiger partial charge in [0.15, 0.2) is 0 Å². The van der Waals surface area contributed by atoms with Crippen LogP contribution in [0.25, 0.3) is 0 Å². The van der Waals surface area contributed by atoms with Crippen molar-refractivity contribution in [3.63, 3.8) is 0 Å². The minimum atomic E-state index is -0.129. The summed E-state index contributed by atoms with van der Waals surface area (Å²) in [5, 5.41) is 0.806. The zero-order chi connectivity index (χ0) is 17.1. The highest BCUT2D eigenvalue weighted by molar-refractivity contribution is 7.09. The molecule has 0 atom stereocenters. The van der Waals surface area contributed by atoms with Gasteiger partial charge >= 0.3 is 0 Å². The molecule has 0 bridgehead atoms. The van der Waals surface area contributed by atoms with Gasteiger partial charge in [0.25, 0.3) is 0 Å². The third-order valence-electron chi connectivity index (χ3n) is 4.18. The van der Waals surface area contributed by atoms with E-state index in [4.69, 9.17) is 0 Å². The Bertz CT molecular complexity index is 850. The zero-order valence-electron chi connectivity index (χ0n) is 14.0. The van der Waals surface area contributed by atoms with E-state index in [9.17, 15) is 4.79 Å². The second-order valence-corrected chi connectivity index (χ2v) is 6.49. The van der Waals surface area contributed by atoms with Gasteiger partial charge in [-0.1, -0.05) is 36.4 Å². The Balaban J connectivity index is 0.00000196. The van der Waals surface area contributed by atoms with Crippen LogP contribution in [0.2, 0.25) is 0 Å². The highest BCUT2D eigenvalue weighted by atomic mass is 35.5. The Morgan fingerprint density at radius 2 is 1.62 bits per heavy atom. The number of anilines is 2. The maximum Gasteiger partial charge on any atom is 0.231 e. The molecule has 3 aromatic rings. The van der Waals surface area contributed by atoms with Crippen LogP contribution in [0.1, 0.15) is 16.2 Å². The Hall–Kier alpha value is -2.51. The van der Waals surface area contributed by atoms with Gasteiger partial charge in [-0.2, -0.15) is 9.36 Å². The first kappa shape index (κ1) is 18.3. The summed E-state index contributed by atoms with van der Waals surface area (Å²) in [7, 11) is 0. The lowest BCUT2D eigenvalue weighted by molar-refractivity contribution is 0.103. The minimum Gasteiger partial charge on any atom is -0.353 e. The SMILES string of the molecule is Cl.O=C(c1ccccc1)c1nsc(N2CCN(c3ccccn3)CC2)n1. The second-order valence-electron chi connectivity index (χ2n) is 5.76. The minimum absolute atomic E-state index is 0. The Labute approximate surface area is 162 Å². The predicted octanol–water partition coefficient (Wildman–Crippen LogP) is 2.91. The molecule has 6 nitrogen and oxygen atoms in total. The van der Waals surface area contributed by atoms with Crippen LogP contribution in [0.3, 0.4) is 0 Å². The molecular formula is C18H18ClN5OS. The summed E-state index contributed by atoms with van der Waals surface area (Å²) in [5.74, 6) is 1.15. The number of rotatable bonds is 4. The molecule has 1 aliphatic heterocycles. The van der Waals surface area contributed by atoms with Gasteiger partial charge in [-0.15, -0.1) is 12.4 Å². The molecule has 134 valence electrons. The van der Waals surface area contributed by atoms with Crippen molar-refractivity contribution in [1.82, 2.24) is 14.3 Å². The molecule has 0 aliphatic carbocycles. The van der Waals surface area contributed by atoms with Gasteiger partial charge in [0.2, 0.25) is 16.7 Å². The normalized spacial score (nSPS) is 14.0. The number of carbonyl (C=O) groups excluding carboxylic acids is 1. The number of hydrogen-bond acceptors (Lipinski definition) is 7. The number of piperazine rings is 1. The van der Waals surface area contributed by atoms with Crippen molar-refractivity contribution >= 4 is 40.7 Å². The largest absolute Gasteiger partial charge is 0.353 e. The Morgan fingerprint density at radius 3 is 2.31 bits per heavy atom. The second kappa shape index (κ2) is 8.25. The maximum absolute atomic E-state index is 12.4. The number of hydrogen-bond donors (Lipinski definition) is 0. The summed E-state index contributed by atoms with van der Waals surface area (Å²) in [6.07, 6.45) is 1.81. The van der Waals surface area contributed by atoms with Gasteiger partial charge in [0, 0.05) is 49.5 Å². The average molecular weight is 388 g/mol. The van der Waals surface area contributed by atoms with E-state index in [1.165, 1.54) is 11.5 Å². The highest BCUT2D eigenvalue weighted by Gasteiger charge is 2.22. The lowest BCUT2D eigenvalue weighted by Gasteiger charge is -2.34. The fourth-order valence-corrected chi connectivity index (χ4v) is 3.54. The first-order chi connectivity index (χ1) is 12.3. The van der Waals surface area contributed by atoms with Gasteiger partial charge in [0.05, 0.1) is 0 Å². The van der Waals surface area contributed by atoms with Crippen molar-refractivity contribution in [1.29, 1.82) is 0 Å². The van der Waals surface area contributed by atoms with E-state index in [1.807, 2.05) is 42.6 Å². The van der Waals surface area contributed by atoms with E-state index in [1.54, 1.807) is 12.1 Å². The summed E-state index contributed by atoms with van der Waals surface area (Å²) in [6.45, 7) is 3.42. The molecular weight excluding hydrogens is 370 g/mol. The lowest BCUT2D eigenvalue weighted by atomic mass is 10.1. The van der Waals surface area contributed by atoms with Gasteiger partial charge < -0.3 is 9.80 Å². The molecule has 0 radical (unpaired) electrons. The number of ketones is 1. The molecule has 1 fully saturated rings. The fourth-order valence-electron chi connectivity index (χ4n) is 2.82. The average Bonchev–Trinajstić information content (AvgIpc) is 3.19. The molecule has 1 saturated heterocycles. The summed E-state index contributed by atoms with van der Waals surface area (Å²) < 4.78 is 4.26. The molecule has 2 aromatic heterocycles. The molecule has 26 heavy (non-hydrogen) atoms. The quantitative estimate of drug-likeness (QED) is 0.641. The van der Waals surface area contributed by atoms with Crippen LogP contribution in [-0.2, 0) is 0 Å². The molecule has 3 heterocycles. The van der Waals surface area contributed by atoms with E-state index in [-0.39, 0.29) is 24.0 Å². The van der Waals surface area contributed by atoms with E-state index in [0.717, 1.165) is 37.1 Å². The summed E-state index contributed by atoms with van der Waals surface area (Å²) in [6, 6.07) is 15.1. The Kier molecular flexibility index (Phi) is 5.80. The zero-order valence-corrected chi connectivity index (χ0v) is 15.6. The monoisotopic (exact) mass is 387 g/mol. The van der Waals surface area contributed by atoms with Crippen LogP contribution >= 0.6 is 23.9 Å². The molecule has 0 amide bonds. The fraction of sp³-hybridized carbons (Fsp3) is 0.222. The van der Waals surface area contributed by atoms with E-state index >= 15 is 0 Å². The van der Waals surface area contributed by atoms with Crippen LogP contribution in [0.5, 0.6) is 0 Å². The van der Waals surface area contributed by atoms with Crippen molar-refractivity contribution in [2.45, 2.75) is 0 Å². The standard InChI is InChI=1S/C18H17N5OS.ClH/c24-16(14-6-2-1-3-7-14)17-20-18(25-21-17)23-12-10-22(11-13-23)15-8-4-5-9-19-15;/h1-9H,10-13H2;1H. The van der Waals surface area contributed by atoms with Gasteiger partial charge in [-0.3, -0.25) is 4.79 Å². The predicted molar refractivity (Wildman–Crippen MR) is 106 cm³/mol. The van der Waals surface area contributed by atoms with Gasteiger partial charge in [-0.05, 0) is 12.1 Å². The van der Waals surface area contributed by atoms with Crippen molar-refractivity contribution in [2.75, 3.05) is 36.0 Å². The van der Waals surface area contributed by atoms with Crippen molar-refractivity contribution < 1.29 is 4.79 Å². The maximum atomic E-state index is 12.4. The van der Waals surface area contributed by atoms with Crippen LogP contribution in [0, 0.1) is 0 Å². The van der Waals surface area contributed by atoms with Gasteiger partial charge in [0.1, 0.15) is 5.82 Å². The molecule has 8 heteroatoms. The number of pyridine rings is 1. The number of nitrogens with zero attached hydrogens (tertiary/aromatic N) is 5. The molecule has 0 N–H and O–H groups in total. The van der Waals surface area contributed by atoms with E-state index < -0.39 is 0 Å². The topological polar surface area (TPSA) is 62.2 Å². The van der Waals surface area contributed by atoms with Crippen LogP contribution in [-0.4, -0.2) is 46.3 Å². The highest BCUT2D eigenvalue weighted by Crippen LogP contribution is 2.22. The summed E-state index contributed by atoms with van der Waals surface area (Å²) in [5.41, 5.74) is 0.617. The summed E-state index contributed by atoms with van der Waals surface area (Å²) in [4.78, 5) is 25.7. The van der Waals surface area contributed by atoms with Crippen molar-refractivity contribution in [2.24, 2.45) is 0 Å². The van der Waals surface area contributed by atoms with Crippen LogP contribution in [0.15, 0.2) is 54.7 Å². The summed E-state index contributed by atoms with van der Waals surface area (Å²) >= 11 is 1.29. The van der Waals surface area contributed by atoms with E-state index in [0.29, 0.717) is 5.56 Å². The molecule has 0 saturated carbocycles. The molecule has 0 unspecified atom stereocenters. The van der Waals surface area contributed by atoms with Crippen LogP contribution in [0.4, 0.5) is 10.9 Å².